The van der Waals surface area contributed by atoms with Crippen LogP contribution in [0.15, 0.2) is 91.8 Å². The number of hydrogen-bond acceptors (Lipinski definition) is 3. The van der Waals surface area contributed by atoms with Crippen molar-refractivity contribution >= 4 is 11.9 Å². The summed E-state index contributed by atoms with van der Waals surface area (Å²) in [4.78, 5) is 20.6. The minimum atomic E-state index is -0.281. The van der Waals surface area contributed by atoms with Crippen molar-refractivity contribution in [2.75, 3.05) is 0 Å². The van der Waals surface area contributed by atoms with Crippen molar-refractivity contribution in [1.82, 2.24) is 14.5 Å². The molecule has 2 aromatic heterocycles. The molecule has 30 heavy (non-hydrogen) atoms. The van der Waals surface area contributed by atoms with Crippen LogP contribution in [0.2, 0.25) is 0 Å². The Balaban J connectivity index is 1.42. The van der Waals surface area contributed by atoms with Crippen LogP contribution in [0.3, 0.4) is 0 Å². The average Bonchev–Trinajstić information content (AvgIpc) is 3.28. The van der Waals surface area contributed by atoms with Crippen LogP contribution >= 0.6 is 0 Å². The van der Waals surface area contributed by atoms with Crippen LogP contribution in [0.5, 0.6) is 0 Å². The Morgan fingerprint density at radius 2 is 1.70 bits per heavy atom. The highest BCUT2D eigenvalue weighted by atomic mass is 19.1. The summed E-state index contributed by atoms with van der Waals surface area (Å²) in [6.45, 7) is 0.751. The number of halogens is 1. The first kappa shape index (κ1) is 19.5. The molecule has 4 aromatic rings. The second kappa shape index (κ2) is 9.09. The van der Waals surface area contributed by atoms with Crippen LogP contribution < -0.4 is 0 Å². The van der Waals surface area contributed by atoms with Crippen LogP contribution in [-0.4, -0.2) is 20.3 Å². The number of benzene rings is 2. The molecule has 0 fully saturated rings. The van der Waals surface area contributed by atoms with Crippen molar-refractivity contribution in [2.24, 2.45) is 0 Å². The molecule has 0 aliphatic carbocycles. The van der Waals surface area contributed by atoms with Gasteiger partial charge in [0.25, 0.3) is 0 Å². The zero-order chi connectivity index (χ0) is 20.8. The minimum Gasteiger partial charge on any atom is -0.333 e. The zero-order valence-corrected chi connectivity index (χ0v) is 16.3. The molecule has 0 amide bonds. The normalized spacial score (nSPS) is 11.1. The molecule has 0 aliphatic rings. The van der Waals surface area contributed by atoms with E-state index >= 15 is 0 Å². The molecule has 0 atom stereocenters. The highest BCUT2D eigenvalue weighted by molar-refractivity contribution is 5.96. The number of imidazole rings is 1. The van der Waals surface area contributed by atoms with Crippen molar-refractivity contribution in [3.05, 3.63) is 114 Å². The number of ketones is 1. The molecule has 0 N–H and O–H groups in total. The minimum absolute atomic E-state index is 0.00580. The Morgan fingerprint density at radius 1 is 0.933 bits per heavy atom. The molecule has 4 nitrogen and oxygen atoms in total. The third-order valence-electron chi connectivity index (χ3n) is 4.78. The second-order valence-electron chi connectivity index (χ2n) is 7.00. The molecule has 0 aliphatic heterocycles. The van der Waals surface area contributed by atoms with Gasteiger partial charge in [-0.2, -0.15) is 0 Å². The number of carbonyl (C=O) groups excluding carboxylic acids is 1. The number of rotatable bonds is 7. The number of allylic oxidation sites excluding steroid dienone is 1. The van der Waals surface area contributed by atoms with Gasteiger partial charge in [0.15, 0.2) is 5.78 Å². The van der Waals surface area contributed by atoms with Crippen molar-refractivity contribution in [3.8, 4) is 11.1 Å². The summed E-state index contributed by atoms with van der Waals surface area (Å²) < 4.78 is 15.2. The summed E-state index contributed by atoms with van der Waals surface area (Å²) >= 11 is 0. The van der Waals surface area contributed by atoms with E-state index in [1.807, 2.05) is 41.1 Å². The van der Waals surface area contributed by atoms with Gasteiger partial charge in [0.05, 0.1) is 6.33 Å². The van der Waals surface area contributed by atoms with Crippen LogP contribution in [0.25, 0.3) is 17.2 Å². The van der Waals surface area contributed by atoms with Crippen molar-refractivity contribution < 1.29 is 9.18 Å². The number of aromatic nitrogens is 3. The number of carbonyl (C=O) groups is 1. The van der Waals surface area contributed by atoms with Crippen LogP contribution in [0, 0.1) is 5.82 Å². The summed E-state index contributed by atoms with van der Waals surface area (Å²) in [6, 6.07) is 16.1. The molecule has 0 spiro atoms. The van der Waals surface area contributed by atoms with Crippen LogP contribution in [0.1, 0.15) is 16.7 Å². The zero-order valence-electron chi connectivity index (χ0n) is 16.3. The van der Waals surface area contributed by atoms with Gasteiger partial charge in [-0.3, -0.25) is 9.78 Å². The maximum absolute atomic E-state index is 13.2. The first-order chi connectivity index (χ1) is 14.7. The summed E-state index contributed by atoms with van der Waals surface area (Å²) in [7, 11) is 0. The van der Waals surface area contributed by atoms with Gasteiger partial charge in [-0.25, -0.2) is 9.37 Å². The Labute approximate surface area is 174 Å². The topological polar surface area (TPSA) is 47.8 Å². The van der Waals surface area contributed by atoms with Gasteiger partial charge in [-0.05, 0) is 52.6 Å². The lowest BCUT2D eigenvalue weighted by molar-refractivity contribution is -0.113. The maximum atomic E-state index is 13.2. The van der Waals surface area contributed by atoms with E-state index in [1.165, 1.54) is 12.1 Å². The molecule has 148 valence electrons. The lowest BCUT2D eigenvalue weighted by Crippen LogP contribution is -2.00. The Morgan fingerprint density at radius 3 is 2.43 bits per heavy atom. The monoisotopic (exact) mass is 397 g/mol. The number of nitrogens with zero attached hydrogens (tertiary/aromatic N) is 3. The molecule has 0 unspecified atom stereocenters. The molecular weight excluding hydrogens is 377 g/mol. The van der Waals surface area contributed by atoms with Crippen LogP contribution in [0.4, 0.5) is 4.39 Å². The van der Waals surface area contributed by atoms with E-state index in [0.717, 1.165) is 34.4 Å². The maximum Gasteiger partial charge on any atom is 0.160 e. The van der Waals surface area contributed by atoms with Gasteiger partial charge in [0, 0.05) is 43.3 Å². The third-order valence-corrected chi connectivity index (χ3v) is 4.78. The second-order valence-corrected chi connectivity index (χ2v) is 7.00. The van der Waals surface area contributed by atoms with E-state index in [2.05, 4.69) is 9.97 Å². The smallest absolute Gasteiger partial charge is 0.160 e. The predicted molar refractivity (Wildman–Crippen MR) is 115 cm³/mol. The predicted octanol–water partition coefficient (Wildman–Crippen LogP) is 4.96. The van der Waals surface area contributed by atoms with E-state index in [0.29, 0.717) is 6.42 Å². The van der Waals surface area contributed by atoms with E-state index in [-0.39, 0.29) is 11.6 Å². The number of hydrogen-bond donors (Lipinski definition) is 0. The summed E-state index contributed by atoms with van der Waals surface area (Å²) in [5, 5.41) is 0. The average molecular weight is 397 g/mol. The van der Waals surface area contributed by atoms with Crippen molar-refractivity contribution in [3.63, 3.8) is 0 Å². The molecule has 0 bridgehead atoms. The van der Waals surface area contributed by atoms with Gasteiger partial charge in [0.1, 0.15) is 5.82 Å². The van der Waals surface area contributed by atoms with Crippen molar-refractivity contribution in [1.29, 1.82) is 0 Å². The van der Waals surface area contributed by atoms with E-state index in [9.17, 15) is 9.18 Å². The molecule has 2 heterocycles. The fourth-order valence-corrected chi connectivity index (χ4v) is 3.23. The highest BCUT2D eigenvalue weighted by Gasteiger charge is 2.05. The Bertz CT molecular complexity index is 1150. The molecule has 5 heteroatoms. The Kier molecular flexibility index (Phi) is 5.90. The SMILES string of the molecule is O=C(/C=C/c1cnccc1-c1ccc(F)cc1)Cc1ccc(Cn2ccnc2)cc1. The summed E-state index contributed by atoms with van der Waals surface area (Å²) in [6.07, 6.45) is 12.5. The fraction of sp³-hybridized carbons (Fsp3) is 0.0800. The van der Waals surface area contributed by atoms with Gasteiger partial charge in [-0.1, -0.05) is 36.4 Å². The van der Waals surface area contributed by atoms with Gasteiger partial charge >= 0.3 is 0 Å². The summed E-state index contributed by atoms with van der Waals surface area (Å²) in [5.41, 5.74) is 4.70. The lowest BCUT2D eigenvalue weighted by atomic mass is 10.0. The lowest BCUT2D eigenvalue weighted by Gasteiger charge is -2.06. The first-order valence-corrected chi connectivity index (χ1v) is 9.62. The molecule has 4 rings (SSSR count). The highest BCUT2D eigenvalue weighted by Crippen LogP contribution is 2.24. The van der Waals surface area contributed by atoms with Gasteiger partial charge in [-0.15, -0.1) is 0 Å². The van der Waals surface area contributed by atoms with Crippen molar-refractivity contribution in [2.45, 2.75) is 13.0 Å². The molecular formula is C25H20FN3O. The van der Waals surface area contributed by atoms with E-state index in [1.54, 1.807) is 49.2 Å². The van der Waals surface area contributed by atoms with Gasteiger partial charge in [0.2, 0.25) is 0 Å². The molecule has 0 radical (unpaired) electrons. The molecule has 0 saturated carbocycles. The van der Waals surface area contributed by atoms with Crippen LogP contribution in [-0.2, 0) is 17.8 Å². The van der Waals surface area contributed by atoms with E-state index in [4.69, 9.17) is 0 Å². The largest absolute Gasteiger partial charge is 0.333 e. The fourth-order valence-electron chi connectivity index (χ4n) is 3.23. The van der Waals surface area contributed by atoms with E-state index < -0.39 is 0 Å². The molecule has 0 saturated heterocycles. The standard InChI is InChI=1S/C25H20FN3O/c26-23-8-5-21(6-9-23)25-11-12-27-16-22(25)7-10-24(30)15-19-1-3-20(4-2-19)17-29-14-13-28-18-29/h1-14,16,18H,15,17H2/b10-7+. The quantitative estimate of drug-likeness (QED) is 0.414. The third kappa shape index (κ3) is 4.94. The Hall–Kier alpha value is -3.86. The van der Waals surface area contributed by atoms with Gasteiger partial charge < -0.3 is 4.57 Å². The first-order valence-electron chi connectivity index (χ1n) is 9.62. The summed E-state index contributed by atoms with van der Waals surface area (Å²) in [5.74, 6) is -0.276. The number of pyridine rings is 1. The molecule has 2 aromatic carbocycles.